The van der Waals surface area contributed by atoms with E-state index in [0.717, 1.165) is 27.4 Å². The molecule has 154 valence electrons. The first-order valence-corrected chi connectivity index (χ1v) is 10.1. The molecule has 0 unspecified atom stereocenters. The number of primary amides is 1. The minimum Gasteiger partial charge on any atom is -0.423 e. The molecule has 1 aliphatic heterocycles. The molecule has 1 saturated heterocycles. The summed E-state index contributed by atoms with van der Waals surface area (Å²) in [6.07, 6.45) is 1.53. The maximum Gasteiger partial charge on any atom is 0.344 e. The average molecular weight is 432 g/mol. The fraction of sp³-hybridized carbons (Fsp3) is 0.0435. The molecule has 0 bridgehead atoms. The Balaban J connectivity index is 1.49. The minimum atomic E-state index is -0.763. The molecule has 2 N–H and O–H groups in total. The van der Waals surface area contributed by atoms with Gasteiger partial charge in [0.2, 0.25) is 5.91 Å². The number of ether oxygens (including phenoxy) is 1. The van der Waals surface area contributed by atoms with Crippen LogP contribution in [0.25, 0.3) is 16.8 Å². The number of nitrogens with two attached hydrogens (primary N) is 1. The molecule has 1 fully saturated rings. The normalized spacial score (nSPS) is 15.0. The quantitative estimate of drug-likeness (QED) is 0.375. The second-order valence-electron chi connectivity index (χ2n) is 6.72. The molecule has 0 radical (unpaired) electrons. The maximum atomic E-state index is 12.6. The van der Waals surface area contributed by atoms with E-state index in [0.29, 0.717) is 16.9 Å². The molecule has 7 nitrogen and oxygen atoms in total. The highest BCUT2D eigenvalue weighted by Crippen LogP contribution is 2.32. The molecule has 8 heteroatoms. The van der Waals surface area contributed by atoms with Crippen LogP contribution in [0.1, 0.15) is 15.9 Å². The zero-order chi connectivity index (χ0) is 22.0. The smallest absolute Gasteiger partial charge is 0.344 e. The van der Waals surface area contributed by atoms with E-state index in [1.807, 2.05) is 30.3 Å². The lowest BCUT2D eigenvalue weighted by molar-refractivity contribution is -0.127. The van der Waals surface area contributed by atoms with Gasteiger partial charge in [0.1, 0.15) is 12.3 Å². The Labute approximate surface area is 181 Å². The first-order chi connectivity index (χ1) is 14.9. The summed E-state index contributed by atoms with van der Waals surface area (Å²) in [6.45, 7) is -0.453. The third-order valence-electron chi connectivity index (χ3n) is 4.59. The molecule has 0 aliphatic carbocycles. The first kappa shape index (κ1) is 20.4. The molecule has 0 saturated carbocycles. The molecule has 0 atom stereocenters. The fourth-order valence-corrected chi connectivity index (χ4v) is 3.98. The molecule has 3 aromatic rings. The van der Waals surface area contributed by atoms with E-state index < -0.39 is 29.6 Å². The predicted octanol–water partition coefficient (Wildman–Crippen LogP) is 3.58. The molecule has 1 heterocycles. The van der Waals surface area contributed by atoms with Gasteiger partial charge in [0, 0.05) is 0 Å². The lowest BCUT2D eigenvalue weighted by Crippen LogP contribution is -2.36. The number of hydrogen-bond acceptors (Lipinski definition) is 6. The van der Waals surface area contributed by atoms with Crippen molar-refractivity contribution in [2.75, 3.05) is 6.54 Å². The second kappa shape index (κ2) is 8.45. The van der Waals surface area contributed by atoms with Gasteiger partial charge < -0.3 is 10.5 Å². The summed E-state index contributed by atoms with van der Waals surface area (Å²) in [7, 11) is 0. The van der Waals surface area contributed by atoms with Gasteiger partial charge in [-0.15, -0.1) is 0 Å². The number of carbonyl (C=O) groups excluding carboxylic acids is 4. The molecule has 0 aromatic heterocycles. The monoisotopic (exact) mass is 432 g/mol. The summed E-state index contributed by atoms with van der Waals surface area (Å²) in [5.74, 6) is -1.46. The van der Waals surface area contributed by atoms with Crippen molar-refractivity contribution >= 4 is 51.6 Å². The predicted molar refractivity (Wildman–Crippen MR) is 117 cm³/mol. The van der Waals surface area contributed by atoms with Gasteiger partial charge in [-0.2, -0.15) is 0 Å². The van der Waals surface area contributed by atoms with Gasteiger partial charge in [0.25, 0.3) is 11.1 Å². The van der Waals surface area contributed by atoms with Crippen molar-refractivity contribution in [2.24, 2.45) is 5.73 Å². The fourth-order valence-electron chi connectivity index (χ4n) is 3.14. The summed E-state index contributed by atoms with van der Waals surface area (Å²) in [6, 6.07) is 19.5. The highest BCUT2D eigenvalue weighted by molar-refractivity contribution is 8.18. The molecule has 3 aromatic carbocycles. The van der Waals surface area contributed by atoms with Gasteiger partial charge in [-0.25, -0.2) is 4.79 Å². The van der Waals surface area contributed by atoms with Crippen molar-refractivity contribution in [2.45, 2.75) is 0 Å². The van der Waals surface area contributed by atoms with Crippen molar-refractivity contribution in [1.29, 1.82) is 0 Å². The number of amides is 3. The summed E-state index contributed by atoms with van der Waals surface area (Å²) in [5, 5.41) is 1.20. The molecule has 31 heavy (non-hydrogen) atoms. The molecular weight excluding hydrogens is 416 g/mol. The van der Waals surface area contributed by atoms with Crippen LogP contribution in [0.3, 0.4) is 0 Å². The van der Waals surface area contributed by atoms with Crippen LogP contribution >= 0.6 is 11.8 Å². The number of rotatable bonds is 5. The Bertz CT molecular complexity index is 1250. The number of hydrogen-bond donors (Lipinski definition) is 1. The lowest BCUT2D eigenvalue weighted by Gasteiger charge is -2.08. The summed E-state index contributed by atoms with van der Waals surface area (Å²) < 4.78 is 5.49. The van der Waals surface area contributed by atoms with Gasteiger partial charge in [-0.1, -0.05) is 48.5 Å². The molecule has 0 spiro atoms. The number of imide groups is 1. The highest BCUT2D eigenvalue weighted by Gasteiger charge is 2.35. The van der Waals surface area contributed by atoms with Crippen molar-refractivity contribution < 1.29 is 23.9 Å². The SMILES string of the molecule is NC(=O)CN1C(=O)S/C(=C\c2ccc(OC(=O)c3cccc4ccccc34)cc2)C1=O. The zero-order valence-electron chi connectivity index (χ0n) is 16.1. The number of carbonyl (C=O) groups is 4. The van der Waals surface area contributed by atoms with Crippen LogP contribution in [-0.4, -0.2) is 34.5 Å². The standard InChI is InChI=1S/C23H16N2O5S/c24-20(26)13-25-21(27)19(31-23(25)29)12-14-8-10-16(11-9-14)30-22(28)18-7-3-5-15-4-1-2-6-17(15)18/h1-12H,13H2,(H2,24,26)/b19-12-. The Morgan fingerprint density at radius 2 is 1.68 bits per heavy atom. The number of nitrogens with zero attached hydrogens (tertiary/aromatic N) is 1. The van der Waals surface area contributed by atoms with E-state index in [2.05, 4.69) is 0 Å². The Hall–Kier alpha value is -3.91. The van der Waals surface area contributed by atoms with E-state index in [1.165, 1.54) is 6.08 Å². The van der Waals surface area contributed by atoms with Crippen LogP contribution in [0.2, 0.25) is 0 Å². The third-order valence-corrected chi connectivity index (χ3v) is 5.49. The van der Waals surface area contributed by atoms with Crippen LogP contribution in [0.5, 0.6) is 5.75 Å². The molecular formula is C23H16N2O5S. The van der Waals surface area contributed by atoms with Crippen molar-refractivity contribution in [1.82, 2.24) is 4.90 Å². The van der Waals surface area contributed by atoms with E-state index in [9.17, 15) is 19.2 Å². The Morgan fingerprint density at radius 1 is 0.968 bits per heavy atom. The van der Waals surface area contributed by atoms with E-state index in [4.69, 9.17) is 10.5 Å². The molecule has 1 aliphatic rings. The highest BCUT2D eigenvalue weighted by atomic mass is 32.2. The van der Waals surface area contributed by atoms with Crippen molar-refractivity contribution in [3.63, 3.8) is 0 Å². The average Bonchev–Trinajstić information content (AvgIpc) is 3.01. The van der Waals surface area contributed by atoms with E-state index >= 15 is 0 Å². The first-order valence-electron chi connectivity index (χ1n) is 9.26. The van der Waals surface area contributed by atoms with Gasteiger partial charge in [0.15, 0.2) is 0 Å². The Kier molecular flexibility index (Phi) is 5.55. The van der Waals surface area contributed by atoms with E-state index in [-0.39, 0.29) is 4.91 Å². The van der Waals surface area contributed by atoms with Crippen LogP contribution in [0, 0.1) is 0 Å². The number of esters is 1. The number of fused-ring (bicyclic) bond motifs is 1. The van der Waals surface area contributed by atoms with Gasteiger partial charge in [0.05, 0.1) is 10.5 Å². The van der Waals surface area contributed by atoms with Crippen LogP contribution in [-0.2, 0) is 9.59 Å². The van der Waals surface area contributed by atoms with Crippen LogP contribution in [0.4, 0.5) is 4.79 Å². The van der Waals surface area contributed by atoms with E-state index in [1.54, 1.807) is 36.4 Å². The summed E-state index contributed by atoms with van der Waals surface area (Å²) in [5.41, 5.74) is 6.17. The van der Waals surface area contributed by atoms with Gasteiger partial charge >= 0.3 is 5.97 Å². The number of thioether (sulfide) groups is 1. The minimum absolute atomic E-state index is 0.187. The largest absolute Gasteiger partial charge is 0.423 e. The van der Waals surface area contributed by atoms with Crippen molar-refractivity contribution in [3.8, 4) is 5.75 Å². The Morgan fingerprint density at radius 3 is 2.42 bits per heavy atom. The molecule has 4 rings (SSSR count). The summed E-state index contributed by atoms with van der Waals surface area (Å²) in [4.78, 5) is 48.8. The molecule has 3 amide bonds. The van der Waals surface area contributed by atoms with Crippen molar-refractivity contribution in [3.05, 3.63) is 82.8 Å². The lowest BCUT2D eigenvalue weighted by atomic mass is 10.0. The van der Waals surface area contributed by atoms with Crippen LogP contribution in [0.15, 0.2) is 71.6 Å². The van der Waals surface area contributed by atoms with Crippen LogP contribution < -0.4 is 10.5 Å². The zero-order valence-corrected chi connectivity index (χ0v) is 16.9. The second-order valence-corrected chi connectivity index (χ2v) is 7.71. The maximum absolute atomic E-state index is 12.6. The number of benzene rings is 3. The topological polar surface area (TPSA) is 107 Å². The van der Waals surface area contributed by atoms with Gasteiger partial charge in [-0.3, -0.25) is 19.3 Å². The third kappa shape index (κ3) is 4.34. The van der Waals surface area contributed by atoms with Gasteiger partial charge in [-0.05, 0) is 52.4 Å². The summed E-state index contributed by atoms with van der Waals surface area (Å²) >= 11 is 0.737.